The van der Waals surface area contributed by atoms with Crippen LogP contribution in [0.25, 0.3) is 0 Å². The number of hydrogen-bond acceptors (Lipinski definition) is 2. The molecule has 1 radical (unpaired) electrons. The quantitative estimate of drug-likeness (QED) is 0.493. The first-order valence-corrected chi connectivity index (χ1v) is 2.11. The van der Waals surface area contributed by atoms with Crippen LogP contribution in [0.3, 0.4) is 0 Å². The van der Waals surface area contributed by atoms with Crippen LogP contribution in [0, 0.1) is 0 Å². The number of carbonyl (C=O) groups excluding carboxylic acids is 1. The fourth-order valence-electron chi connectivity index (χ4n) is 0.125. The van der Waals surface area contributed by atoms with Crippen molar-refractivity contribution in [3.05, 3.63) is 0 Å². The number of hydrogen-bond donors (Lipinski definition) is 0. The first-order valence-electron chi connectivity index (χ1n) is 2.11. The normalized spacial score (nSPS) is 10.7. The first kappa shape index (κ1) is 6.47. The SMILES string of the molecule is CC(C)(C)O[C]=O.[H+]. The highest BCUT2D eigenvalue weighted by atomic mass is 16.5. The maximum absolute atomic E-state index is 9.47. The van der Waals surface area contributed by atoms with Gasteiger partial charge < -0.3 is 4.74 Å². The molecule has 7 heavy (non-hydrogen) atoms. The Labute approximate surface area is 45.0 Å². The van der Waals surface area contributed by atoms with Gasteiger partial charge in [-0.1, -0.05) is 0 Å². The van der Waals surface area contributed by atoms with Gasteiger partial charge in [0.2, 0.25) is 0 Å². The second kappa shape index (κ2) is 1.96. The van der Waals surface area contributed by atoms with Crippen molar-refractivity contribution in [3.63, 3.8) is 0 Å². The van der Waals surface area contributed by atoms with Gasteiger partial charge in [-0.05, 0) is 20.8 Å². The highest BCUT2D eigenvalue weighted by Gasteiger charge is 2.08. The fraction of sp³-hybridized carbons (Fsp3) is 0.800. The monoisotopic (exact) mass is 102 g/mol. The van der Waals surface area contributed by atoms with E-state index in [1.807, 2.05) is 0 Å². The maximum atomic E-state index is 9.47. The van der Waals surface area contributed by atoms with Crippen molar-refractivity contribution in [2.75, 3.05) is 0 Å². The predicted octanol–water partition coefficient (Wildman–Crippen LogP) is 0.981. The van der Waals surface area contributed by atoms with Crippen LogP contribution in [-0.2, 0) is 9.53 Å². The molecule has 0 N–H and O–H groups in total. The molecule has 0 aromatic heterocycles. The van der Waals surface area contributed by atoms with Crippen molar-refractivity contribution in [1.29, 1.82) is 0 Å². The lowest BCUT2D eigenvalue weighted by molar-refractivity contribution is 0.109. The average Bonchev–Trinajstić information content (AvgIpc) is 1.30. The Morgan fingerprint density at radius 3 is 2.00 bits per heavy atom. The molecule has 2 nitrogen and oxygen atoms in total. The van der Waals surface area contributed by atoms with Crippen molar-refractivity contribution < 1.29 is 11.0 Å². The molecule has 41 valence electrons. The highest BCUT2D eigenvalue weighted by molar-refractivity contribution is 5.39. The Morgan fingerprint density at radius 2 is 2.00 bits per heavy atom. The third-order valence-corrected chi connectivity index (χ3v) is 0.348. The minimum Gasteiger partial charge on any atom is -0.452 e. The van der Waals surface area contributed by atoms with Crippen LogP contribution in [0.4, 0.5) is 0 Å². The van der Waals surface area contributed by atoms with E-state index in [-0.39, 0.29) is 7.03 Å². The largest absolute Gasteiger partial charge is 1.00 e. The van der Waals surface area contributed by atoms with Crippen molar-refractivity contribution >= 4 is 6.47 Å². The summed E-state index contributed by atoms with van der Waals surface area (Å²) in [5, 5.41) is 0. The van der Waals surface area contributed by atoms with Crippen LogP contribution in [0.15, 0.2) is 0 Å². The molecule has 0 heterocycles. The molecule has 0 bridgehead atoms. The Morgan fingerprint density at radius 1 is 1.57 bits per heavy atom. The van der Waals surface area contributed by atoms with E-state index in [2.05, 4.69) is 4.74 Å². The van der Waals surface area contributed by atoms with E-state index in [0.717, 1.165) is 0 Å². The summed E-state index contributed by atoms with van der Waals surface area (Å²) in [6.45, 7) is 6.73. The summed E-state index contributed by atoms with van der Waals surface area (Å²) >= 11 is 0. The van der Waals surface area contributed by atoms with E-state index in [1.165, 1.54) is 6.47 Å². The standard InChI is InChI=1S/C5H9O2/c1-5(2,3)7-4-6/h1-3H3/p+1. The lowest BCUT2D eigenvalue weighted by Gasteiger charge is -2.13. The van der Waals surface area contributed by atoms with Crippen molar-refractivity contribution in [2.45, 2.75) is 26.4 Å². The topological polar surface area (TPSA) is 26.3 Å². The molecule has 0 aliphatic carbocycles. The molecule has 2 heteroatoms. The van der Waals surface area contributed by atoms with Gasteiger partial charge in [-0.15, -0.1) is 0 Å². The molecule has 0 aromatic rings. The molecule has 0 rings (SSSR count). The summed E-state index contributed by atoms with van der Waals surface area (Å²) in [6.07, 6.45) is 0. The molecule has 0 spiro atoms. The van der Waals surface area contributed by atoms with Gasteiger partial charge in [0.15, 0.2) is 0 Å². The fourth-order valence-corrected chi connectivity index (χ4v) is 0.125. The maximum Gasteiger partial charge on any atom is 1.00 e. The van der Waals surface area contributed by atoms with Crippen LogP contribution in [0.2, 0.25) is 0 Å². The van der Waals surface area contributed by atoms with Crippen molar-refractivity contribution in [2.24, 2.45) is 0 Å². The number of rotatable bonds is 1. The molecule has 0 saturated heterocycles. The molecular formula is C5H10O2+. The lowest BCUT2D eigenvalue weighted by Crippen LogP contribution is -2.17. The average molecular weight is 102 g/mol. The smallest absolute Gasteiger partial charge is 0.452 e. The van der Waals surface area contributed by atoms with Gasteiger partial charge in [-0.3, -0.25) is 0 Å². The van der Waals surface area contributed by atoms with Gasteiger partial charge in [-0.25, -0.2) is 4.79 Å². The Hall–Kier alpha value is -0.530. The van der Waals surface area contributed by atoms with E-state index >= 15 is 0 Å². The molecular weight excluding hydrogens is 92.1 g/mol. The van der Waals surface area contributed by atoms with Crippen LogP contribution in [0.5, 0.6) is 0 Å². The van der Waals surface area contributed by atoms with Crippen molar-refractivity contribution in [3.8, 4) is 0 Å². The molecule has 0 aliphatic rings. The Bertz CT molecular complexity index is 65.3. The Balaban J connectivity index is 0. The first-order chi connectivity index (χ1) is 3.06. The third kappa shape index (κ3) is 5.47. The van der Waals surface area contributed by atoms with Gasteiger partial charge in [0.1, 0.15) is 5.60 Å². The van der Waals surface area contributed by atoms with Crippen LogP contribution < -0.4 is 0 Å². The van der Waals surface area contributed by atoms with E-state index < -0.39 is 0 Å². The van der Waals surface area contributed by atoms with E-state index in [0.29, 0.717) is 0 Å². The summed E-state index contributed by atoms with van der Waals surface area (Å²) in [6, 6.07) is 0. The van der Waals surface area contributed by atoms with Gasteiger partial charge in [0, 0.05) is 0 Å². The summed E-state index contributed by atoms with van der Waals surface area (Å²) in [7, 11) is 0. The zero-order chi connectivity index (χ0) is 5.91. The summed E-state index contributed by atoms with van der Waals surface area (Å²) < 4.78 is 4.42. The second-order valence-electron chi connectivity index (χ2n) is 2.30. The molecule has 0 fully saturated rings. The minimum absolute atomic E-state index is 0. The van der Waals surface area contributed by atoms with Gasteiger partial charge in [-0.2, -0.15) is 0 Å². The zero-order valence-corrected chi connectivity index (χ0v) is 4.82. The molecule has 0 unspecified atom stereocenters. The minimum atomic E-state index is -0.373. The van der Waals surface area contributed by atoms with Crippen LogP contribution >= 0.6 is 0 Å². The molecule has 0 aromatic carbocycles. The van der Waals surface area contributed by atoms with Gasteiger partial charge >= 0.3 is 7.90 Å². The Kier molecular flexibility index (Phi) is 1.81. The second-order valence-corrected chi connectivity index (χ2v) is 2.30. The van der Waals surface area contributed by atoms with Gasteiger partial charge in [0.05, 0.1) is 0 Å². The van der Waals surface area contributed by atoms with Crippen LogP contribution in [0.1, 0.15) is 22.2 Å². The molecule has 0 saturated carbocycles. The van der Waals surface area contributed by atoms with E-state index in [4.69, 9.17) is 0 Å². The van der Waals surface area contributed by atoms with Crippen molar-refractivity contribution in [1.82, 2.24) is 0 Å². The summed E-state index contributed by atoms with van der Waals surface area (Å²) in [4.78, 5) is 9.47. The predicted molar refractivity (Wildman–Crippen MR) is 27.6 cm³/mol. The van der Waals surface area contributed by atoms with E-state index in [1.54, 1.807) is 20.8 Å². The summed E-state index contributed by atoms with van der Waals surface area (Å²) in [5.41, 5.74) is -0.373. The molecule has 0 amide bonds. The highest BCUT2D eigenvalue weighted by Crippen LogP contribution is 2.02. The number of ether oxygens (including phenoxy) is 1. The molecule has 0 atom stereocenters. The third-order valence-electron chi connectivity index (χ3n) is 0.348. The van der Waals surface area contributed by atoms with Crippen LogP contribution in [-0.4, -0.2) is 12.1 Å². The van der Waals surface area contributed by atoms with Gasteiger partial charge in [0.25, 0.3) is 0 Å². The van der Waals surface area contributed by atoms with E-state index in [9.17, 15) is 4.79 Å². The lowest BCUT2D eigenvalue weighted by atomic mass is 10.2. The zero-order valence-electron chi connectivity index (χ0n) is 5.82. The molecule has 0 aliphatic heterocycles. The summed E-state index contributed by atoms with van der Waals surface area (Å²) in [5.74, 6) is 0.